The largest absolute Gasteiger partial charge is 0.491 e. The number of nitrogens with zero attached hydrogens (tertiary/aromatic N) is 3. The third kappa shape index (κ3) is 4.44. The number of rotatable bonds is 7. The first-order chi connectivity index (χ1) is 12.2. The smallest absolute Gasteiger partial charge is 0.249 e. The minimum atomic E-state index is -0.458. The molecule has 0 radical (unpaired) electrons. The van der Waals surface area contributed by atoms with Crippen LogP contribution in [0, 0.1) is 0 Å². The van der Waals surface area contributed by atoms with E-state index in [9.17, 15) is 4.79 Å². The number of aromatic nitrogens is 3. The van der Waals surface area contributed by atoms with Gasteiger partial charge < -0.3 is 10.1 Å². The van der Waals surface area contributed by atoms with Gasteiger partial charge >= 0.3 is 0 Å². The predicted molar refractivity (Wildman–Crippen MR) is 95.4 cm³/mol. The molecular weight excluding hydrogens is 316 g/mol. The molecule has 6 nitrogen and oxygen atoms in total. The van der Waals surface area contributed by atoms with Crippen LogP contribution < -0.4 is 10.1 Å². The molecule has 1 unspecified atom stereocenters. The number of carbonyl (C=O) groups excluding carboxylic acids is 1. The number of nitrogens with one attached hydrogen (secondary N) is 1. The van der Waals surface area contributed by atoms with Crippen molar-refractivity contribution >= 4 is 11.6 Å². The first-order valence-corrected chi connectivity index (χ1v) is 8.15. The highest BCUT2D eigenvalue weighted by molar-refractivity contribution is 5.94. The van der Waals surface area contributed by atoms with E-state index < -0.39 is 6.04 Å². The monoisotopic (exact) mass is 336 g/mol. The van der Waals surface area contributed by atoms with Gasteiger partial charge in [0.1, 0.15) is 24.4 Å². The Morgan fingerprint density at radius 3 is 2.68 bits per heavy atom. The second kappa shape index (κ2) is 8.10. The first kappa shape index (κ1) is 16.7. The molecule has 2 aromatic carbocycles. The molecule has 6 heteroatoms. The summed E-state index contributed by atoms with van der Waals surface area (Å²) in [7, 11) is 0. The molecule has 0 aliphatic carbocycles. The molecule has 1 heterocycles. The van der Waals surface area contributed by atoms with Gasteiger partial charge in [-0.05, 0) is 24.6 Å². The van der Waals surface area contributed by atoms with Crippen molar-refractivity contribution in [2.24, 2.45) is 0 Å². The number of amides is 1. The Morgan fingerprint density at radius 1 is 1.16 bits per heavy atom. The van der Waals surface area contributed by atoms with Gasteiger partial charge in [0, 0.05) is 6.42 Å². The Hall–Kier alpha value is -3.15. The molecule has 0 saturated heterocycles. The molecule has 0 spiro atoms. The van der Waals surface area contributed by atoms with Gasteiger partial charge in [0.2, 0.25) is 5.91 Å². The van der Waals surface area contributed by atoms with Gasteiger partial charge in [-0.1, -0.05) is 42.5 Å². The molecule has 0 fully saturated rings. The maximum atomic E-state index is 12.4. The van der Waals surface area contributed by atoms with Crippen molar-refractivity contribution in [3.8, 4) is 5.75 Å². The Morgan fingerprint density at radius 2 is 1.92 bits per heavy atom. The average molecular weight is 336 g/mol. The molecule has 3 aromatic rings. The highest BCUT2D eigenvalue weighted by Crippen LogP contribution is 2.25. The van der Waals surface area contributed by atoms with Gasteiger partial charge in [0.05, 0.1) is 12.3 Å². The van der Waals surface area contributed by atoms with E-state index >= 15 is 0 Å². The lowest BCUT2D eigenvalue weighted by Gasteiger charge is -2.15. The molecule has 25 heavy (non-hydrogen) atoms. The number of para-hydroxylation sites is 2. The minimum absolute atomic E-state index is 0.176. The second-order valence-corrected chi connectivity index (χ2v) is 5.62. The van der Waals surface area contributed by atoms with Crippen LogP contribution in [0.2, 0.25) is 0 Å². The number of hydrogen-bond acceptors (Lipinski definition) is 4. The lowest BCUT2D eigenvalue weighted by molar-refractivity contribution is -0.119. The normalized spacial score (nSPS) is 11.7. The number of carbonyl (C=O) groups is 1. The summed E-state index contributed by atoms with van der Waals surface area (Å²) in [4.78, 5) is 16.3. The van der Waals surface area contributed by atoms with Crippen molar-refractivity contribution < 1.29 is 9.53 Å². The van der Waals surface area contributed by atoms with Crippen LogP contribution in [0.15, 0.2) is 67.3 Å². The van der Waals surface area contributed by atoms with Crippen molar-refractivity contribution in [3.05, 3.63) is 72.8 Å². The predicted octanol–water partition coefficient (Wildman–Crippen LogP) is 3.10. The molecule has 1 atom stereocenters. The Labute approximate surface area is 146 Å². The number of ether oxygens (including phenoxy) is 1. The van der Waals surface area contributed by atoms with Crippen molar-refractivity contribution in [2.45, 2.75) is 19.4 Å². The zero-order chi connectivity index (χ0) is 17.5. The van der Waals surface area contributed by atoms with Crippen LogP contribution >= 0.6 is 0 Å². The summed E-state index contributed by atoms with van der Waals surface area (Å²) in [6.45, 7) is 2.30. The SMILES string of the molecule is CC(C(=O)Nc1ccccc1OCCc1ccccc1)n1cncn1. The highest BCUT2D eigenvalue weighted by atomic mass is 16.5. The van der Waals surface area contributed by atoms with Crippen LogP contribution in [-0.4, -0.2) is 27.3 Å². The number of anilines is 1. The van der Waals surface area contributed by atoms with Crippen molar-refractivity contribution in [3.63, 3.8) is 0 Å². The lowest BCUT2D eigenvalue weighted by atomic mass is 10.2. The molecule has 0 aliphatic heterocycles. The van der Waals surface area contributed by atoms with Gasteiger partial charge in [-0.2, -0.15) is 5.10 Å². The van der Waals surface area contributed by atoms with Gasteiger partial charge in [0.25, 0.3) is 0 Å². The summed E-state index contributed by atoms with van der Waals surface area (Å²) in [5, 5.41) is 6.89. The average Bonchev–Trinajstić information content (AvgIpc) is 3.18. The Bertz CT molecular complexity index is 803. The molecule has 1 N–H and O–H groups in total. The third-order valence-corrected chi connectivity index (χ3v) is 3.85. The molecule has 1 aromatic heterocycles. The van der Waals surface area contributed by atoms with E-state index in [-0.39, 0.29) is 5.91 Å². The molecule has 0 bridgehead atoms. The van der Waals surface area contributed by atoms with Gasteiger partial charge in [-0.15, -0.1) is 0 Å². The molecule has 3 rings (SSSR count). The standard InChI is InChI=1S/C19H20N4O2/c1-15(23-14-20-13-21-23)19(24)22-17-9-5-6-10-18(17)25-12-11-16-7-3-2-4-8-16/h2-10,13-15H,11-12H2,1H3,(H,22,24). The zero-order valence-electron chi connectivity index (χ0n) is 14.0. The zero-order valence-corrected chi connectivity index (χ0v) is 14.0. The van der Waals surface area contributed by atoms with Crippen LogP contribution in [0.3, 0.4) is 0 Å². The van der Waals surface area contributed by atoms with E-state index in [2.05, 4.69) is 27.5 Å². The maximum Gasteiger partial charge on any atom is 0.249 e. The topological polar surface area (TPSA) is 69.0 Å². The number of benzene rings is 2. The fourth-order valence-corrected chi connectivity index (χ4v) is 2.39. The summed E-state index contributed by atoms with van der Waals surface area (Å²) >= 11 is 0. The van der Waals surface area contributed by atoms with E-state index in [4.69, 9.17) is 4.74 Å². The van der Waals surface area contributed by atoms with Crippen LogP contribution in [0.5, 0.6) is 5.75 Å². The van der Waals surface area contributed by atoms with E-state index in [0.717, 1.165) is 6.42 Å². The lowest BCUT2D eigenvalue weighted by Crippen LogP contribution is -2.24. The van der Waals surface area contributed by atoms with E-state index in [1.807, 2.05) is 42.5 Å². The van der Waals surface area contributed by atoms with Gasteiger partial charge in [-0.25, -0.2) is 9.67 Å². The first-order valence-electron chi connectivity index (χ1n) is 8.15. The van der Waals surface area contributed by atoms with E-state index in [1.165, 1.54) is 22.9 Å². The molecule has 128 valence electrons. The fraction of sp³-hybridized carbons (Fsp3) is 0.211. The van der Waals surface area contributed by atoms with Crippen molar-refractivity contribution in [2.75, 3.05) is 11.9 Å². The quantitative estimate of drug-likeness (QED) is 0.720. The third-order valence-electron chi connectivity index (χ3n) is 3.85. The minimum Gasteiger partial charge on any atom is -0.491 e. The van der Waals surface area contributed by atoms with Crippen LogP contribution in [0.4, 0.5) is 5.69 Å². The summed E-state index contributed by atoms with van der Waals surface area (Å²) in [6, 6.07) is 17.1. The molecule has 1 amide bonds. The molecule has 0 aliphatic rings. The van der Waals surface area contributed by atoms with Crippen molar-refractivity contribution in [1.82, 2.24) is 14.8 Å². The summed E-state index contributed by atoms with van der Waals surface area (Å²) in [5.74, 6) is 0.474. The van der Waals surface area contributed by atoms with Gasteiger partial charge in [-0.3, -0.25) is 4.79 Å². The van der Waals surface area contributed by atoms with E-state index in [0.29, 0.717) is 18.0 Å². The van der Waals surface area contributed by atoms with E-state index in [1.54, 1.807) is 6.92 Å². The van der Waals surface area contributed by atoms with Crippen molar-refractivity contribution in [1.29, 1.82) is 0 Å². The highest BCUT2D eigenvalue weighted by Gasteiger charge is 2.17. The Kier molecular flexibility index (Phi) is 5.41. The summed E-state index contributed by atoms with van der Waals surface area (Å²) < 4.78 is 7.37. The molecule has 0 saturated carbocycles. The van der Waals surface area contributed by atoms with Gasteiger partial charge in [0.15, 0.2) is 0 Å². The summed E-state index contributed by atoms with van der Waals surface area (Å²) in [6.07, 6.45) is 3.73. The summed E-state index contributed by atoms with van der Waals surface area (Å²) in [5.41, 5.74) is 1.86. The maximum absolute atomic E-state index is 12.4. The second-order valence-electron chi connectivity index (χ2n) is 5.62. The van der Waals surface area contributed by atoms with Crippen LogP contribution in [0.1, 0.15) is 18.5 Å². The Balaban J connectivity index is 1.61. The van der Waals surface area contributed by atoms with Crippen LogP contribution in [0.25, 0.3) is 0 Å². The molecular formula is C19H20N4O2. The number of hydrogen-bond donors (Lipinski definition) is 1. The van der Waals surface area contributed by atoms with Crippen LogP contribution in [-0.2, 0) is 11.2 Å². The fourth-order valence-electron chi connectivity index (χ4n) is 2.39.